The lowest BCUT2D eigenvalue weighted by Gasteiger charge is -2.06. The van der Waals surface area contributed by atoms with Crippen molar-refractivity contribution in [1.29, 1.82) is 0 Å². The molecule has 64 valence electrons. The van der Waals surface area contributed by atoms with Gasteiger partial charge < -0.3 is 10.6 Å². The fourth-order valence-corrected chi connectivity index (χ4v) is 1.48. The van der Waals surface area contributed by atoms with Gasteiger partial charge in [-0.2, -0.15) is 0 Å². The van der Waals surface area contributed by atoms with Gasteiger partial charge in [0, 0.05) is 17.3 Å². The van der Waals surface area contributed by atoms with Crippen LogP contribution in [0.2, 0.25) is 0 Å². The van der Waals surface area contributed by atoms with E-state index in [2.05, 4.69) is 22.2 Å². The molecule has 0 bridgehead atoms. The van der Waals surface area contributed by atoms with Gasteiger partial charge >= 0.3 is 0 Å². The van der Waals surface area contributed by atoms with Crippen LogP contribution in [0.3, 0.4) is 0 Å². The highest BCUT2D eigenvalue weighted by Gasteiger charge is 1.97. The van der Waals surface area contributed by atoms with Gasteiger partial charge in [0.05, 0.1) is 0 Å². The molecule has 1 rings (SSSR count). The minimum absolute atomic E-state index is 0.525. The third-order valence-electron chi connectivity index (χ3n) is 0.980. The van der Waals surface area contributed by atoms with Crippen molar-refractivity contribution in [2.75, 3.05) is 5.32 Å². The van der Waals surface area contributed by atoms with Crippen molar-refractivity contribution in [2.24, 2.45) is 0 Å². The largest absolute Gasteiger partial charge is 0.337 e. The predicted octanol–water partition coefficient (Wildman–Crippen LogP) is 1.96. The molecule has 0 saturated carbocycles. The van der Waals surface area contributed by atoms with Crippen LogP contribution in [-0.2, 0) is 0 Å². The number of anilines is 1. The van der Waals surface area contributed by atoms with Crippen molar-refractivity contribution in [2.45, 2.75) is 6.92 Å². The lowest BCUT2D eigenvalue weighted by atomic mass is 10.6. The Morgan fingerprint density at radius 3 is 3.00 bits per heavy atom. The summed E-state index contributed by atoms with van der Waals surface area (Å²) in [6.45, 7) is 5.51. The molecule has 5 heteroatoms. The van der Waals surface area contributed by atoms with Gasteiger partial charge in [-0.05, 0) is 19.1 Å². The molecule has 0 amide bonds. The van der Waals surface area contributed by atoms with E-state index in [1.165, 1.54) is 11.3 Å². The molecule has 1 aromatic rings. The zero-order valence-corrected chi connectivity index (χ0v) is 8.26. The van der Waals surface area contributed by atoms with Crippen LogP contribution in [0, 0.1) is 0 Å². The van der Waals surface area contributed by atoms with Crippen LogP contribution in [0.5, 0.6) is 0 Å². The molecule has 2 N–H and O–H groups in total. The molecule has 0 unspecified atom stereocenters. The number of nitrogens with one attached hydrogen (secondary N) is 2. The Bertz CT molecular complexity index is 279. The third kappa shape index (κ3) is 2.98. The first-order chi connectivity index (χ1) is 5.68. The Kier molecular flexibility index (Phi) is 3.19. The number of nitrogens with zero attached hydrogens (tertiary/aromatic N) is 1. The Labute approximate surface area is 80.5 Å². The van der Waals surface area contributed by atoms with E-state index in [0.717, 1.165) is 10.8 Å². The molecule has 12 heavy (non-hydrogen) atoms. The van der Waals surface area contributed by atoms with Gasteiger partial charge in [0.15, 0.2) is 10.2 Å². The van der Waals surface area contributed by atoms with E-state index in [0.29, 0.717) is 5.11 Å². The highest BCUT2D eigenvalue weighted by atomic mass is 32.1. The number of thiazole rings is 1. The lowest BCUT2D eigenvalue weighted by molar-refractivity contribution is 1.14. The SMILES string of the molecule is C=C(C)NC(=S)Nc1nccs1. The van der Waals surface area contributed by atoms with Crippen molar-refractivity contribution in [3.63, 3.8) is 0 Å². The van der Waals surface area contributed by atoms with Gasteiger partial charge in [-0.15, -0.1) is 11.3 Å². The van der Waals surface area contributed by atoms with E-state index in [9.17, 15) is 0 Å². The van der Waals surface area contributed by atoms with Gasteiger partial charge in [-0.3, -0.25) is 0 Å². The van der Waals surface area contributed by atoms with Crippen LogP contribution in [0.25, 0.3) is 0 Å². The highest BCUT2D eigenvalue weighted by molar-refractivity contribution is 7.80. The summed E-state index contributed by atoms with van der Waals surface area (Å²) in [4.78, 5) is 4.01. The summed E-state index contributed by atoms with van der Waals surface area (Å²) < 4.78 is 0. The molecular weight excluding hydrogens is 190 g/mol. The summed E-state index contributed by atoms with van der Waals surface area (Å²) in [5, 5.41) is 8.99. The Hall–Kier alpha value is -0.940. The summed E-state index contributed by atoms with van der Waals surface area (Å²) in [6, 6.07) is 0. The highest BCUT2D eigenvalue weighted by Crippen LogP contribution is 2.09. The molecule has 3 nitrogen and oxygen atoms in total. The zero-order chi connectivity index (χ0) is 8.97. The number of allylic oxidation sites excluding steroid dienone is 1. The van der Waals surface area contributed by atoms with E-state index in [-0.39, 0.29) is 0 Å². The average molecular weight is 199 g/mol. The second-order valence-corrected chi connectivity index (χ2v) is 3.50. The standard InChI is InChI=1S/C7H9N3S2/c1-5(2)9-6(11)10-7-8-3-4-12-7/h3-4H,1H2,2H3,(H2,8,9,10,11). The van der Waals surface area contributed by atoms with Gasteiger partial charge in [0.25, 0.3) is 0 Å². The molecule has 0 saturated heterocycles. The molecular formula is C7H9N3S2. The minimum atomic E-state index is 0.525. The van der Waals surface area contributed by atoms with Gasteiger partial charge in [-0.25, -0.2) is 4.98 Å². The lowest BCUT2D eigenvalue weighted by Crippen LogP contribution is -2.26. The molecule has 1 heterocycles. The summed E-state index contributed by atoms with van der Waals surface area (Å²) in [5.41, 5.74) is 0.809. The van der Waals surface area contributed by atoms with Crippen LogP contribution < -0.4 is 10.6 Å². The Morgan fingerprint density at radius 2 is 2.50 bits per heavy atom. The Morgan fingerprint density at radius 1 is 1.75 bits per heavy atom. The maximum atomic E-state index is 4.96. The molecule has 0 atom stereocenters. The molecule has 0 fully saturated rings. The first kappa shape index (κ1) is 9.15. The summed E-state index contributed by atoms with van der Waals surface area (Å²) in [7, 11) is 0. The topological polar surface area (TPSA) is 37.0 Å². The number of aromatic nitrogens is 1. The predicted molar refractivity (Wildman–Crippen MR) is 56.3 cm³/mol. The van der Waals surface area contributed by atoms with Crippen LogP contribution >= 0.6 is 23.6 Å². The number of thiocarbonyl (C=S) groups is 1. The molecule has 0 aliphatic carbocycles. The summed E-state index contributed by atoms with van der Waals surface area (Å²) in [5.74, 6) is 0. The third-order valence-corrected chi connectivity index (χ3v) is 1.87. The van der Waals surface area contributed by atoms with E-state index in [1.54, 1.807) is 6.20 Å². The summed E-state index contributed by atoms with van der Waals surface area (Å²) in [6.07, 6.45) is 1.72. The Balaban J connectivity index is 2.42. The van der Waals surface area contributed by atoms with E-state index in [4.69, 9.17) is 12.2 Å². The number of hydrogen-bond donors (Lipinski definition) is 2. The van der Waals surface area contributed by atoms with Crippen molar-refractivity contribution in [3.05, 3.63) is 23.9 Å². The summed E-state index contributed by atoms with van der Waals surface area (Å²) >= 11 is 6.46. The second kappa shape index (κ2) is 4.18. The minimum Gasteiger partial charge on any atom is -0.337 e. The monoisotopic (exact) mass is 199 g/mol. The van der Waals surface area contributed by atoms with Gasteiger partial charge in [0.1, 0.15) is 0 Å². The van der Waals surface area contributed by atoms with Crippen molar-refractivity contribution >= 4 is 33.8 Å². The van der Waals surface area contributed by atoms with Crippen LogP contribution in [0.4, 0.5) is 5.13 Å². The van der Waals surface area contributed by atoms with Crippen LogP contribution in [0.1, 0.15) is 6.92 Å². The van der Waals surface area contributed by atoms with Crippen LogP contribution in [0.15, 0.2) is 23.9 Å². The normalized spacial score (nSPS) is 9.08. The molecule has 0 aliphatic heterocycles. The molecule has 0 aromatic carbocycles. The van der Waals surface area contributed by atoms with E-state index < -0.39 is 0 Å². The maximum Gasteiger partial charge on any atom is 0.188 e. The molecule has 0 spiro atoms. The number of rotatable bonds is 2. The molecule has 1 aromatic heterocycles. The first-order valence-electron chi connectivity index (χ1n) is 3.31. The fraction of sp³-hybridized carbons (Fsp3) is 0.143. The van der Waals surface area contributed by atoms with Gasteiger partial charge in [-0.1, -0.05) is 6.58 Å². The average Bonchev–Trinajstić information content (AvgIpc) is 2.37. The quantitative estimate of drug-likeness (QED) is 0.714. The first-order valence-corrected chi connectivity index (χ1v) is 4.60. The van der Waals surface area contributed by atoms with Crippen molar-refractivity contribution in [3.8, 4) is 0 Å². The van der Waals surface area contributed by atoms with Gasteiger partial charge in [0.2, 0.25) is 0 Å². The second-order valence-electron chi connectivity index (χ2n) is 2.20. The van der Waals surface area contributed by atoms with Crippen molar-refractivity contribution in [1.82, 2.24) is 10.3 Å². The van der Waals surface area contributed by atoms with Crippen molar-refractivity contribution < 1.29 is 0 Å². The maximum absolute atomic E-state index is 4.96. The molecule has 0 aliphatic rings. The van der Waals surface area contributed by atoms with E-state index >= 15 is 0 Å². The smallest absolute Gasteiger partial charge is 0.188 e. The van der Waals surface area contributed by atoms with E-state index in [1.807, 2.05) is 12.3 Å². The molecule has 0 radical (unpaired) electrons. The number of hydrogen-bond acceptors (Lipinski definition) is 3. The fourth-order valence-electron chi connectivity index (χ4n) is 0.607. The van der Waals surface area contributed by atoms with Crippen LogP contribution in [-0.4, -0.2) is 10.1 Å². The zero-order valence-electron chi connectivity index (χ0n) is 6.63.